The summed E-state index contributed by atoms with van der Waals surface area (Å²) in [4.78, 5) is 11.1. The first-order valence-corrected chi connectivity index (χ1v) is 8.26. The van der Waals surface area contributed by atoms with Crippen molar-refractivity contribution in [3.63, 3.8) is 0 Å². The van der Waals surface area contributed by atoms with Crippen LogP contribution in [0.2, 0.25) is 0 Å². The lowest BCUT2D eigenvalue weighted by atomic mass is 10.2. The van der Waals surface area contributed by atoms with Crippen molar-refractivity contribution in [2.75, 3.05) is 4.72 Å². The molecule has 0 aliphatic carbocycles. The van der Waals surface area contributed by atoms with Gasteiger partial charge in [0.15, 0.2) is 0 Å². The van der Waals surface area contributed by atoms with Crippen molar-refractivity contribution in [1.29, 1.82) is 0 Å². The number of nitrogens with one attached hydrogen (secondary N) is 1. The molecule has 0 unspecified atom stereocenters. The molecule has 0 aliphatic rings. The Bertz CT molecular complexity index is 804. The molecule has 0 atom stereocenters. The van der Waals surface area contributed by atoms with Gasteiger partial charge >= 0.3 is 0 Å². The first-order valence-electron chi connectivity index (χ1n) is 5.98. The summed E-state index contributed by atoms with van der Waals surface area (Å²) in [5, 5.41) is 0. The second-order valence-electron chi connectivity index (χ2n) is 4.48. The summed E-state index contributed by atoms with van der Waals surface area (Å²) in [6.07, 6.45) is 0. The van der Waals surface area contributed by atoms with Crippen LogP contribution in [0.3, 0.4) is 0 Å². The van der Waals surface area contributed by atoms with Crippen molar-refractivity contribution >= 4 is 37.5 Å². The fourth-order valence-electron chi connectivity index (χ4n) is 1.74. The van der Waals surface area contributed by atoms with Gasteiger partial charge in [0.1, 0.15) is 0 Å². The fourth-order valence-corrected chi connectivity index (χ4v) is 3.33. The second kappa shape index (κ2) is 5.87. The van der Waals surface area contributed by atoms with Crippen molar-refractivity contribution in [1.82, 2.24) is 0 Å². The van der Waals surface area contributed by atoms with Crippen molar-refractivity contribution in [3.05, 3.63) is 58.1 Å². The molecule has 7 heteroatoms. The molecule has 110 valence electrons. The minimum atomic E-state index is -3.80. The first kappa shape index (κ1) is 15.5. The number of hydrogen-bond acceptors (Lipinski definition) is 3. The molecule has 0 aliphatic heterocycles. The number of nitrogens with two attached hydrogens (primary N) is 1. The van der Waals surface area contributed by atoms with E-state index in [4.69, 9.17) is 5.73 Å². The minimum absolute atomic E-state index is 0.0211. The lowest BCUT2D eigenvalue weighted by Gasteiger charge is -2.11. The Labute approximate surface area is 131 Å². The molecule has 0 saturated heterocycles. The Morgan fingerprint density at radius 1 is 1.19 bits per heavy atom. The highest BCUT2D eigenvalue weighted by Crippen LogP contribution is 2.26. The molecule has 5 nitrogen and oxygen atoms in total. The molecule has 0 radical (unpaired) electrons. The number of hydrogen-bond donors (Lipinski definition) is 2. The summed E-state index contributed by atoms with van der Waals surface area (Å²) in [7, 11) is -3.80. The summed E-state index contributed by atoms with van der Waals surface area (Å²) < 4.78 is 27.8. The maximum Gasteiger partial charge on any atom is 0.261 e. The number of halogens is 1. The summed E-state index contributed by atoms with van der Waals surface area (Å²) in [5.74, 6) is -0.677. The number of anilines is 1. The highest BCUT2D eigenvalue weighted by Gasteiger charge is 2.17. The van der Waals surface area contributed by atoms with Crippen LogP contribution in [0.4, 0.5) is 5.69 Å². The van der Waals surface area contributed by atoms with Gasteiger partial charge in [0.2, 0.25) is 5.91 Å². The van der Waals surface area contributed by atoms with Crippen LogP contribution in [0.25, 0.3) is 0 Å². The topological polar surface area (TPSA) is 89.3 Å². The van der Waals surface area contributed by atoms with Gasteiger partial charge in [0.05, 0.1) is 10.6 Å². The first-order chi connectivity index (χ1) is 9.79. The number of rotatable bonds is 4. The van der Waals surface area contributed by atoms with Gasteiger partial charge in [-0.25, -0.2) is 8.42 Å². The zero-order chi connectivity index (χ0) is 15.6. The molecular formula is C14H13BrN2O3S. The van der Waals surface area contributed by atoms with Gasteiger partial charge < -0.3 is 5.73 Å². The van der Waals surface area contributed by atoms with Gasteiger partial charge in [-0.1, -0.05) is 12.1 Å². The molecule has 21 heavy (non-hydrogen) atoms. The van der Waals surface area contributed by atoms with Crippen LogP contribution in [0, 0.1) is 6.92 Å². The minimum Gasteiger partial charge on any atom is -0.366 e. The standard InChI is InChI=1S/C14H13BrN2O3S/c1-9-5-6-12(15)13(7-9)17-21(19,20)11-4-2-3-10(8-11)14(16)18/h2-8,17H,1H3,(H2,16,18). The van der Waals surface area contributed by atoms with Gasteiger partial charge in [0.25, 0.3) is 10.0 Å². The number of aryl methyl sites for hydroxylation is 1. The van der Waals surface area contributed by atoms with Crippen molar-refractivity contribution in [3.8, 4) is 0 Å². The van der Waals surface area contributed by atoms with Gasteiger partial charge in [-0.05, 0) is 58.7 Å². The number of sulfonamides is 1. The van der Waals surface area contributed by atoms with Crippen molar-refractivity contribution in [2.45, 2.75) is 11.8 Å². The monoisotopic (exact) mass is 368 g/mol. The maximum atomic E-state index is 12.4. The second-order valence-corrected chi connectivity index (χ2v) is 7.02. The van der Waals surface area contributed by atoms with Crippen LogP contribution in [-0.2, 0) is 10.0 Å². The Hall–Kier alpha value is -1.86. The summed E-state index contributed by atoms with van der Waals surface area (Å²) in [6, 6.07) is 10.9. The molecule has 2 aromatic carbocycles. The van der Waals surface area contributed by atoms with Gasteiger partial charge in [-0.15, -0.1) is 0 Å². The van der Waals surface area contributed by atoms with E-state index in [1.165, 1.54) is 24.3 Å². The van der Waals surface area contributed by atoms with Gasteiger partial charge in [0, 0.05) is 10.0 Å². The lowest BCUT2D eigenvalue weighted by Crippen LogP contribution is -2.16. The number of carbonyl (C=O) groups is 1. The van der Waals surface area contributed by atoms with E-state index < -0.39 is 15.9 Å². The summed E-state index contributed by atoms with van der Waals surface area (Å²) in [6.45, 7) is 1.86. The number of benzene rings is 2. The average molecular weight is 369 g/mol. The highest BCUT2D eigenvalue weighted by atomic mass is 79.9. The molecule has 0 heterocycles. The van der Waals surface area contributed by atoms with E-state index in [-0.39, 0.29) is 10.5 Å². The van der Waals surface area contributed by atoms with E-state index in [0.717, 1.165) is 5.56 Å². The Morgan fingerprint density at radius 3 is 2.57 bits per heavy atom. The smallest absolute Gasteiger partial charge is 0.261 e. The molecule has 0 aromatic heterocycles. The van der Waals surface area contributed by atoms with Crippen LogP contribution in [-0.4, -0.2) is 14.3 Å². The Kier molecular flexibility index (Phi) is 4.34. The predicted molar refractivity (Wildman–Crippen MR) is 84.6 cm³/mol. The van der Waals surface area contributed by atoms with Crippen LogP contribution < -0.4 is 10.5 Å². The van der Waals surface area contributed by atoms with Crippen LogP contribution in [0.15, 0.2) is 51.8 Å². The van der Waals surface area contributed by atoms with E-state index in [2.05, 4.69) is 20.7 Å². The predicted octanol–water partition coefficient (Wildman–Crippen LogP) is 2.66. The van der Waals surface area contributed by atoms with E-state index in [0.29, 0.717) is 10.2 Å². The molecule has 0 bridgehead atoms. The third kappa shape index (κ3) is 3.62. The third-order valence-electron chi connectivity index (χ3n) is 2.80. The lowest BCUT2D eigenvalue weighted by molar-refractivity contribution is 0.1000. The molecule has 0 saturated carbocycles. The zero-order valence-electron chi connectivity index (χ0n) is 11.1. The number of carbonyl (C=O) groups excluding carboxylic acids is 1. The van der Waals surface area contributed by atoms with Crippen molar-refractivity contribution in [2.24, 2.45) is 5.73 Å². The molecular weight excluding hydrogens is 356 g/mol. The highest BCUT2D eigenvalue weighted by molar-refractivity contribution is 9.10. The summed E-state index contributed by atoms with van der Waals surface area (Å²) >= 11 is 3.29. The van der Waals surface area contributed by atoms with E-state index >= 15 is 0 Å². The maximum absolute atomic E-state index is 12.4. The average Bonchev–Trinajstić information content (AvgIpc) is 2.43. The normalized spacial score (nSPS) is 11.1. The fraction of sp³-hybridized carbons (Fsp3) is 0.0714. The zero-order valence-corrected chi connectivity index (χ0v) is 13.5. The van der Waals surface area contributed by atoms with Crippen LogP contribution >= 0.6 is 15.9 Å². The van der Waals surface area contributed by atoms with E-state index in [9.17, 15) is 13.2 Å². The molecule has 0 spiro atoms. The van der Waals surface area contributed by atoms with Crippen LogP contribution in [0.1, 0.15) is 15.9 Å². The van der Waals surface area contributed by atoms with E-state index in [1.54, 1.807) is 12.1 Å². The van der Waals surface area contributed by atoms with Gasteiger partial charge in [-0.2, -0.15) is 0 Å². The Balaban J connectivity index is 2.41. The van der Waals surface area contributed by atoms with E-state index in [1.807, 2.05) is 13.0 Å². The summed E-state index contributed by atoms with van der Waals surface area (Å²) in [5.41, 5.74) is 6.65. The SMILES string of the molecule is Cc1ccc(Br)c(NS(=O)(=O)c2cccc(C(N)=O)c2)c1. The number of primary amides is 1. The number of amides is 1. The largest absolute Gasteiger partial charge is 0.366 e. The molecule has 0 fully saturated rings. The molecule has 2 aromatic rings. The third-order valence-corrected chi connectivity index (χ3v) is 4.85. The quantitative estimate of drug-likeness (QED) is 0.868. The van der Waals surface area contributed by atoms with Crippen LogP contribution in [0.5, 0.6) is 0 Å². The molecule has 3 N–H and O–H groups in total. The molecule has 2 rings (SSSR count). The molecule has 1 amide bonds. The van der Waals surface area contributed by atoms with Crippen molar-refractivity contribution < 1.29 is 13.2 Å². The Morgan fingerprint density at radius 2 is 1.90 bits per heavy atom. The van der Waals surface area contributed by atoms with Gasteiger partial charge in [-0.3, -0.25) is 9.52 Å².